The van der Waals surface area contributed by atoms with Crippen LogP contribution in [0.15, 0.2) is 0 Å². The average molecular weight is 431 g/mol. The minimum absolute atomic E-state index is 0.0423. The highest BCUT2D eigenvalue weighted by atomic mass is 16.5. The number of esters is 1. The number of nitrogens with two attached hydrogens (primary N) is 1. The first-order valence-corrected chi connectivity index (χ1v) is 13.0. The average Bonchev–Trinajstić information content (AvgIpc) is 3.41. The molecule has 4 aliphatic carbocycles. The molecule has 0 bridgehead atoms. The number of hydrogen-bond donors (Lipinski definition) is 2. The van der Waals surface area contributed by atoms with Crippen molar-refractivity contribution in [1.29, 1.82) is 0 Å². The Morgan fingerprint density at radius 3 is 2.58 bits per heavy atom. The molecule has 4 saturated carbocycles. The van der Waals surface area contributed by atoms with Crippen LogP contribution in [0.25, 0.3) is 0 Å². The van der Waals surface area contributed by atoms with E-state index < -0.39 is 0 Å². The summed E-state index contributed by atoms with van der Waals surface area (Å²) in [5, 5.41) is 3.46. The van der Waals surface area contributed by atoms with Gasteiger partial charge in [-0.25, -0.2) is 0 Å². The van der Waals surface area contributed by atoms with Crippen LogP contribution in [0.4, 0.5) is 0 Å². The number of ether oxygens (including phenoxy) is 1. The highest BCUT2D eigenvalue weighted by molar-refractivity contribution is 5.87. The minimum atomic E-state index is -0.133. The smallest absolute Gasteiger partial charge is 0.302 e. The van der Waals surface area contributed by atoms with E-state index in [9.17, 15) is 9.59 Å². The maximum Gasteiger partial charge on any atom is 0.302 e. The lowest BCUT2D eigenvalue weighted by Crippen LogP contribution is -2.57. The van der Waals surface area contributed by atoms with Gasteiger partial charge in [0.05, 0.1) is 6.04 Å². The van der Waals surface area contributed by atoms with Crippen LogP contribution >= 0.6 is 0 Å². The van der Waals surface area contributed by atoms with Crippen LogP contribution in [0.1, 0.15) is 84.5 Å². The summed E-state index contributed by atoms with van der Waals surface area (Å²) >= 11 is 0. The van der Waals surface area contributed by atoms with Gasteiger partial charge in [0.15, 0.2) is 5.78 Å². The molecule has 5 heteroatoms. The summed E-state index contributed by atoms with van der Waals surface area (Å²) in [4.78, 5) is 25.0. The lowest BCUT2D eigenvalue weighted by Gasteiger charge is -2.61. The van der Waals surface area contributed by atoms with E-state index in [2.05, 4.69) is 12.2 Å². The van der Waals surface area contributed by atoms with Crippen LogP contribution in [0, 0.1) is 40.4 Å². The Labute approximate surface area is 187 Å². The van der Waals surface area contributed by atoms with Crippen molar-refractivity contribution >= 4 is 11.8 Å². The second kappa shape index (κ2) is 8.13. The zero-order valence-electron chi connectivity index (χ0n) is 19.5. The number of ketones is 1. The Bertz CT molecular complexity index is 719. The maximum absolute atomic E-state index is 13.5. The second-order valence-electron chi connectivity index (χ2n) is 11.8. The number of rotatable bonds is 4. The molecule has 5 fully saturated rings. The van der Waals surface area contributed by atoms with Crippen molar-refractivity contribution in [3.63, 3.8) is 0 Å². The highest BCUT2D eigenvalue weighted by Crippen LogP contribution is 2.67. The molecule has 0 radical (unpaired) electrons. The lowest BCUT2D eigenvalue weighted by atomic mass is 9.44. The molecular formula is C26H42N2O3. The Hall–Kier alpha value is -0.940. The molecule has 5 rings (SSSR count). The first kappa shape index (κ1) is 21.9. The summed E-state index contributed by atoms with van der Waals surface area (Å²) < 4.78 is 5.61. The van der Waals surface area contributed by atoms with Gasteiger partial charge in [-0.1, -0.05) is 6.92 Å². The first-order valence-electron chi connectivity index (χ1n) is 13.0. The van der Waals surface area contributed by atoms with E-state index in [1.54, 1.807) is 0 Å². The molecule has 9 atom stereocenters. The van der Waals surface area contributed by atoms with Crippen molar-refractivity contribution in [3.8, 4) is 0 Å². The fraction of sp³-hybridized carbons (Fsp3) is 0.923. The van der Waals surface area contributed by atoms with Gasteiger partial charge in [-0.3, -0.25) is 9.59 Å². The highest BCUT2D eigenvalue weighted by Gasteiger charge is 2.62. The van der Waals surface area contributed by atoms with Crippen molar-refractivity contribution < 1.29 is 14.3 Å². The number of hydrogen-bond acceptors (Lipinski definition) is 5. The molecule has 0 aromatic carbocycles. The molecule has 1 heterocycles. The van der Waals surface area contributed by atoms with Crippen molar-refractivity contribution in [2.45, 2.75) is 96.6 Å². The molecule has 5 nitrogen and oxygen atoms in total. The van der Waals surface area contributed by atoms with Gasteiger partial charge in [0, 0.05) is 12.8 Å². The van der Waals surface area contributed by atoms with E-state index in [-0.39, 0.29) is 29.4 Å². The summed E-state index contributed by atoms with van der Waals surface area (Å²) in [5.41, 5.74) is 6.93. The standard InChI is InChI=1S/C26H42N2O3/c1-16(29)31-18-9-11-25(2)17(14-18)5-6-19-20(25)10-12-26(15-27)21(19)7-8-22(26)24(30)23-4-3-13-28-23/h17-23,28H,3-15,27H2,1-2H3/t17-,18-,19+,20-,21-,22+,23-,25-,26+/m0/s1. The zero-order chi connectivity index (χ0) is 21.8. The Kier molecular flexibility index (Phi) is 5.74. The zero-order valence-corrected chi connectivity index (χ0v) is 19.5. The Balaban J connectivity index is 1.35. The van der Waals surface area contributed by atoms with Crippen LogP contribution in [-0.2, 0) is 14.3 Å². The molecule has 1 saturated heterocycles. The monoisotopic (exact) mass is 430 g/mol. The lowest BCUT2D eigenvalue weighted by molar-refractivity contribution is -0.161. The third kappa shape index (κ3) is 3.40. The molecule has 0 aromatic rings. The third-order valence-corrected chi connectivity index (χ3v) is 10.8. The number of carbonyl (C=O) groups is 2. The predicted molar refractivity (Wildman–Crippen MR) is 120 cm³/mol. The van der Waals surface area contributed by atoms with Crippen molar-refractivity contribution in [1.82, 2.24) is 5.32 Å². The second-order valence-corrected chi connectivity index (χ2v) is 11.8. The molecule has 0 unspecified atom stereocenters. The van der Waals surface area contributed by atoms with E-state index in [4.69, 9.17) is 10.5 Å². The van der Waals surface area contributed by atoms with Gasteiger partial charge in [-0.05, 0) is 118 Å². The van der Waals surface area contributed by atoms with Crippen molar-refractivity contribution in [2.75, 3.05) is 13.1 Å². The number of fused-ring (bicyclic) bond motifs is 5. The summed E-state index contributed by atoms with van der Waals surface area (Å²) in [5.74, 6) is 3.27. The van der Waals surface area contributed by atoms with Crippen LogP contribution in [0.2, 0.25) is 0 Å². The van der Waals surface area contributed by atoms with E-state index in [0.29, 0.717) is 29.6 Å². The molecule has 1 aliphatic heterocycles. The molecule has 3 N–H and O–H groups in total. The fourth-order valence-corrected chi connectivity index (χ4v) is 9.36. The summed E-state index contributed by atoms with van der Waals surface area (Å²) in [6.07, 6.45) is 12.6. The van der Waals surface area contributed by atoms with Crippen molar-refractivity contribution in [3.05, 3.63) is 0 Å². The van der Waals surface area contributed by atoms with E-state index >= 15 is 0 Å². The quantitative estimate of drug-likeness (QED) is 0.663. The van der Waals surface area contributed by atoms with Gasteiger partial charge in [0.25, 0.3) is 0 Å². The topological polar surface area (TPSA) is 81.4 Å². The molecule has 0 aromatic heterocycles. The van der Waals surface area contributed by atoms with Gasteiger partial charge in [0.1, 0.15) is 6.10 Å². The third-order valence-electron chi connectivity index (χ3n) is 10.8. The SMILES string of the molecule is CC(=O)O[C@H]1CC[C@@]2(C)[C@@H](CC[C@@H]3[C@@H]2CC[C@]2(CN)[C@@H](C(=O)[C@@H]4CCCN4)CC[C@@H]32)C1. The van der Waals surface area contributed by atoms with Gasteiger partial charge in [-0.15, -0.1) is 0 Å². The van der Waals surface area contributed by atoms with Crippen LogP contribution in [0.5, 0.6) is 0 Å². The Morgan fingerprint density at radius 2 is 1.87 bits per heavy atom. The van der Waals surface area contributed by atoms with Gasteiger partial charge in [0.2, 0.25) is 0 Å². The normalized spacial score (nSPS) is 49.1. The van der Waals surface area contributed by atoms with Crippen LogP contribution in [-0.4, -0.2) is 37.0 Å². The van der Waals surface area contributed by atoms with Gasteiger partial charge >= 0.3 is 5.97 Å². The molecule has 174 valence electrons. The largest absolute Gasteiger partial charge is 0.463 e. The number of nitrogens with one attached hydrogen (secondary N) is 1. The summed E-state index contributed by atoms with van der Waals surface area (Å²) in [6, 6.07) is 0.0784. The van der Waals surface area contributed by atoms with Crippen LogP contribution in [0.3, 0.4) is 0 Å². The summed E-state index contributed by atoms with van der Waals surface area (Å²) in [6.45, 7) is 5.74. The predicted octanol–water partition coefficient (Wildman–Crippen LogP) is 3.84. The minimum Gasteiger partial charge on any atom is -0.463 e. The molecular weight excluding hydrogens is 388 g/mol. The van der Waals surface area contributed by atoms with Crippen molar-refractivity contribution in [2.24, 2.45) is 46.2 Å². The number of carbonyl (C=O) groups excluding carboxylic acids is 2. The van der Waals surface area contributed by atoms with Gasteiger partial charge < -0.3 is 15.8 Å². The van der Waals surface area contributed by atoms with E-state index in [1.165, 1.54) is 39.0 Å². The van der Waals surface area contributed by atoms with Crippen LogP contribution < -0.4 is 11.1 Å². The van der Waals surface area contributed by atoms with E-state index in [1.807, 2.05) is 0 Å². The molecule has 0 amide bonds. The molecule has 31 heavy (non-hydrogen) atoms. The van der Waals surface area contributed by atoms with Gasteiger partial charge in [-0.2, -0.15) is 0 Å². The molecule has 0 spiro atoms. The Morgan fingerprint density at radius 1 is 1.03 bits per heavy atom. The summed E-state index contributed by atoms with van der Waals surface area (Å²) in [7, 11) is 0. The van der Waals surface area contributed by atoms with E-state index in [0.717, 1.165) is 56.9 Å². The first-order chi connectivity index (χ1) is 14.9. The molecule has 5 aliphatic rings. The maximum atomic E-state index is 13.5. The number of Topliss-reactive ketones (excluding diaryl/α,β-unsaturated/α-hetero) is 1. The fourth-order valence-electron chi connectivity index (χ4n) is 9.36.